The van der Waals surface area contributed by atoms with Crippen LogP contribution in [0.15, 0.2) is 47.2 Å². The van der Waals surface area contributed by atoms with E-state index in [2.05, 4.69) is 37.3 Å². The first-order chi connectivity index (χ1) is 10.2. The summed E-state index contributed by atoms with van der Waals surface area (Å²) in [5, 5.41) is 12.9. The molecular weight excluding hydrogens is 335 g/mol. The average Bonchev–Trinajstić information content (AvgIpc) is 2.50. The van der Waals surface area contributed by atoms with Crippen LogP contribution in [0.1, 0.15) is 5.56 Å². The van der Waals surface area contributed by atoms with Gasteiger partial charge in [-0.2, -0.15) is 9.65 Å². The third-order valence-electron chi connectivity index (χ3n) is 2.95. The molecule has 0 aliphatic rings. The number of nitrogens with one attached hydrogen (secondary N) is 1. The Bertz CT molecular complexity index is 856. The van der Waals surface area contributed by atoms with E-state index in [0.29, 0.717) is 22.2 Å². The van der Waals surface area contributed by atoms with E-state index in [1.807, 2.05) is 24.3 Å². The third kappa shape index (κ3) is 2.69. The highest BCUT2D eigenvalue weighted by Gasteiger charge is 2.10. The summed E-state index contributed by atoms with van der Waals surface area (Å²) in [4.78, 5) is 7.69. The molecule has 21 heavy (non-hydrogen) atoms. The lowest BCUT2D eigenvalue weighted by Gasteiger charge is -2.11. The molecule has 0 spiro atoms. The Morgan fingerprint density at radius 2 is 1.90 bits per heavy atom. The number of nitrogens with zero attached hydrogens (tertiary/aromatic N) is 3. The number of fused-ring (bicyclic) bond motifs is 1. The minimum Gasteiger partial charge on any atom is -0.354 e. The number of rotatable bonds is 2. The first-order valence-corrected chi connectivity index (χ1v) is 6.83. The van der Waals surface area contributed by atoms with Gasteiger partial charge in [0.1, 0.15) is 6.07 Å². The second-order valence-electron chi connectivity index (χ2n) is 4.31. The van der Waals surface area contributed by atoms with Gasteiger partial charge >= 0.3 is 0 Å². The van der Waals surface area contributed by atoms with Crippen LogP contribution in [0.5, 0.6) is 0 Å². The van der Waals surface area contributed by atoms with Crippen molar-refractivity contribution >= 4 is 38.2 Å². The quantitative estimate of drug-likeness (QED) is 0.710. The van der Waals surface area contributed by atoms with E-state index in [0.717, 1.165) is 10.2 Å². The smallest absolute Gasteiger partial charge is 0.213 e. The van der Waals surface area contributed by atoms with Gasteiger partial charge in [-0.3, -0.25) is 4.98 Å². The topological polar surface area (TPSA) is 61.6 Å². The molecule has 0 aliphatic heterocycles. The molecular formula is C15H8BrFN4. The van der Waals surface area contributed by atoms with Crippen molar-refractivity contribution in [2.75, 3.05) is 5.32 Å². The van der Waals surface area contributed by atoms with Crippen molar-refractivity contribution in [3.63, 3.8) is 0 Å². The maximum absolute atomic E-state index is 13.4. The summed E-state index contributed by atoms with van der Waals surface area (Å²) in [6.45, 7) is 0. The summed E-state index contributed by atoms with van der Waals surface area (Å²) in [6, 6.07) is 10.8. The van der Waals surface area contributed by atoms with E-state index in [1.165, 1.54) is 18.5 Å². The first-order valence-electron chi connectivity index (χ1n) is 6.04. The van der Waals surface area contributed by atoms with Gasteiger partial charge in [-0.05, 0) is 24.3 Å². The fourth-order valence-electron chi connectivity index (χ4n) is 1.97. The van der Waals surface area contributed by atoms with Gasteiger partial charge in [0.15, 0.2) is 0 Å². The Balaban J connectivity index is 2.17. The molecule has 0 atom stereocenters. The first kappa shape index (κ1) is 13.5. The highest BCUT2D eigenvalue weighted by atomic mass is 79.9. The zero-order valence-corrected chi connectivity index (χ0v) is 12.2. The molecule has 0 fully saturated rings. The SMILES string of the molecule is N#Cc1cnc2cnc(F)cc2c1Nc1ccc(Br)cc1. The van der Waals surface area contributed by atoms with E-state index < -0.39 is 5.95 Å². The molecule has 2 heterocycles. The van der Waals surface area contributed by atoms with E-state index >= 15 is 0 Å². The largest absolute Gasteiger partial charge is 0.354 e. The van der Waals surface area contributed by atoms with Crippen LogP contribution < -0.4 is 5.32 Å². The Hall–Kier alpha value is -2.52. The van der Waals surface area contributed by atoms with Gasteiger partial charge in [-0.15, -0.1) is 0 Å². The summed E-state index contributed by atoms with van der Waals surface area (Å²) >= 11 is 3.36. The molecule has 0 saturated heterocycles. The number of anilines is 2. The van der Waals surface area contributed by atoms with Gasteiger partial charge in [0, 0.05) is 27.8 Å². The van der Waals surface area contributed by atoms with Crippen LogP contribution in [-0.4, -0.2) is 9.97 Å². The van der Waals surface area contributed by atoms with Crippen molar-refractivity contribution in [3.8, 4) is 6.07 Å². The Morgan fingerprint density at radius 1 is 1.14 bits per heavy atom. The molecule has 102 valence electrons. The van der Waals surface area contributed by atoms with Gasteiger partial charge in [0.05, 0.1) is 23.0 Å². The zero-order chi connectivity index (χ0) is 14.8. The van der Waals surface area contributed by atoms with Crippen LogP contribution >= 0.6 is 15.9 Å². The lowest BCUT2D eigenvalue weighted by molar-refractivity contribution is 0.586. The highest BCUT2D eigenvalue weighted by Crippen LogP contribution is 2.29. The predicted molar refractivity (Wildman–Crippen MR) is 81.6 cm³/mol. The lowest BCUT2D eigenvalue weighted by atomic mass is 10.1. The summed E-state index contributed by atoms with van der Waals surface area (Å²) in [5.41, 5.74) is 2.18. The summed E-state index contributed by atoms with van der Waals surface area (Å²) in [5.74, 6) is -0.613. The average molecular weight is 343 g/mol. The van der Waals surface area contributed by atoms with Gasteiger partial charge in [0.25, 0.3) is 0 Å². The van der Waals surface area contributed by atoms with Crippen LogP contribution in [0.3, 0.4) is 0 Å². The highest BCUT2D eigenvalue weighted by molar-refractivity contribution is 9.10. The number of aromatic nitrogens is 2. The third-order valence-corrected chi connectivity index (χ3v) is 3.48. The lowest BCUT2D eigenvalue weighted by Crippen LogP contribution is -1.98. The van der Waals surface area contributed by atoms with Crippen LogP contribution in [0.4, 0.5) is 15.8 Å². The summed E-state index contributed by atoms with van der Waals surface area (Å²) in [6.07, 6.45) is 2.79. The second-order valence-corrected chi connectivity index (χ2v) is 5.23. The number of pyridine rings is 2. The maximum atomic E-state index is 13.4. The van der Waals surface area contributed by atoms with Crippen molar-refractivity contribution in [2.24, 2.45) is 0 Å². The van der Waals surface area contributed by atoms with E-state index in [-0.39, 0.29) is 0 Å². The van der Waals surface area contributed by atoms with E-state index in [4.69, 9.17) is 0 Å². The number of benzene rings is 1. The van der Waals surface area contributed by atoms with Crippen molar-refractivity contribution in [1.29, 1.82) is 5.26 Å². The molecule has 3 aromatic rings. The van der Waals surface area contributed by atoms with Crippen molar-refractivity contribution in [1.82, 2.24) is 9.97 Å². The summed E-state index contributed by atoms with van der Waals surface area (Å²) < 4.78 is 14.3. The van der Waals surface area contributed by atoms with Crippen molar-refractivity contribution in [2.45, 2.75) is 0 Å². The summed E-state index contributed by atoms with van der Waals surface area (Å²) in [7, 11) is 0. The maximum Gasteiger partial charge on any atom is 0.213 e. The molecule has 0 radical (unpaired) electrons. The van der Waals surface area contributed by atoms with Crippen LogP contribution in [-0.2, 0) is 0 Å². The number of halogens is 2. The van der Waals surface area contributed by atoms with Crippen LogP contribution in [0.25, 0.3) is 10.9 Å². The monoisotopic (exact) mass is 342 g/mol. The van der Waals surface area contributed by atoms with Crippen LogP contribution in [0.2, 0.25) is 0 Å². The molecule has 0 unspecified atom stereocenters. The van der Waals surface area contributed by atoms with Crippen molar-refractivity contribution < 1.29 is 4.39 Å². The molecule has 1 aromatic carbocycles. The molecule has 2 aromatic heterocycles. The zero-order valence-electron chi connectivity index (χ0n) is 10.6. The molecule has 0 aliphatic carbocycles. The van der Waals surface area contributed by atoms with Gasteiger partial charge < -0.3 is 5.32 Å². The number of nitriles is 1. The standard InChI is InChI=1S/C15H8BrFN4/c16-10-1-3-11(4-2-10)21-15-9(6-18)7-19-13-8-20-14(17)5-12(13)15/h1-5,7-8H,(H,19,21). The Kier molecular flexibility index (Phi) is 3.50. The minimum atomic E-state index is -0.613. The molecule has 6 heteroatoms. The fourth-order valence-corrected chi connectivity index (χ4v) is 2.23. The fraction of sp³-hybridized carbons (Fsp3) is 0. The molecule has 0 saturated carbocycles. The molecule has 4 nitrogen and oxygen atoms in total. The van der Waals surface area contributed by atoms with E-state index in [1.54, 1.807) is 0 Å². The molecule has 0 bridgehead atoms. The van der Waals surface area contributed by atoms with Gasteiger partial charge in [-0.25, -0.2) is 4.98 Å². The van der Waals surface area contributed by atoms with Crippen LogP contribution in [0, 0.1) is 17.3 Å². The normalized spacial score (nSPS) is 10.3. The molecule has 1 N–H and O–H groups in total. The van der Waals surface area contributed by atoms with E-state index in [9.17, 15) is 9.65 Å². The number of hydrogen-bond acceptors (Lipinski definition) is 4. The van der Waals surface area contributed by atoms with Gasteiger partial charge in [0.2, 0.25) is 5.95 Å². The van der Waals surface area contributed by atoms with Crippen molar-refractivity contribution in [3.05, 3.63) is 58.7 Å². The number of hydrogen-bond donors (Lipinski definition) is 1. The Morgan fingerprint density at radius 3 is 2.62 bits per heavy atom. The molecule has 3 rings (SSSR count). The minimum absolute atomic E-state index is 0.344. The molecule has 0 amide bonds. The second kappa shape index (κ2) is 5.46. The Labute approximate surface area is 128 Å². The predicted octanol–water partition coefficient (Wildman–Crippen LogP) is 4.15. The van der Waals surface area contributed by atoms with Gasteiger partial charge in [-0.1, -0.05) is 15.9 Å².